The summed E-state index contributed by atoms with van der Waals surface area (Å²) in [7, 11) is 1.76. The van der Waals surface area contributed by atoms with Gasteiger partial charge in [-0.3, -0.25) is 19.1 Å². The van der Waals surface area contributed by atoms with Crippen LogP contribution in [0.25, 0.3) is 16.5 Å². The molecule has 0 aliphatic heterocycles. The molecule has 4 aromatic rings. The highest BCUT2D eigenvalue weighted by atomic mass is 16.2. The van der Waals surface area contributed by atoms with E-state index in [9.17, 15) is 14.4 Å². The van der Waals surface area contributed by atoms with Crippen LogP contribution >= 0.6 is 0 Å². The highest BCUT2D eigenvalue weighted by Crippen LogP contribution is 2.16. The Hall–Kier alpha value is -3.94. The maximum absolute atomic E-state index is 12.9. The molecule has 2 N–H and O–H groups in total. The van der Waals surface area contributed by atoms with Crippen LogP contribution in [0.4, 0.5) is 5.69 Å². The van der Waals surface area contributed by atoms with E-state index in [0.29, 0.717) is 27.8 Å². The van der Waals surface area contributed by atoms with Crippen molar-refractivity contribution in [3.8, 4) is 5.69 Å². The molecule has 8 nitrogen and oxygen atoms in total. The number of hydrogen-bond acceptors (Lipinski definition) is 4. The molecule has 2 heterocycles. The van der Waals surface area contributed by atoms with Gasteiger partial charge in [-0.15, -0.1) is 0 Å². The zero-order valence-electron chi connectivity index (χ0n) is 16.0. The lowest BCUT2D eigenvalue weighted by molar-refractivity contribution is -0.115. The molecule has 2 aromatic heterocycles. The van der Waals surface area contributed by atoms with Crippen LogP contribution < -0.4 is 16.4 Å². The number of hydrogen-bond donors (Lipinski definition) is 2. The van der Waals surface area contributed by atoms with Crippen molar-refractivity contribution in [1.29, 1.82) is 0 Å². The van der Waals surface area contributed by atoms with E-state index in [1.165, 1.54) is 4.68 Å². The van der Waals surface area contributed by atoms with Crippen LogP contribution in [0.15, 0.2) is 64.2 Å². The molecule has 0 radical (unpaired) electrons. The van der Waals surface area contributed by atoms with E-state index in [1.807, 2.05) is 30.3 Å². The molecule has 29 heavy (non-hydrogen) atoms. The summed E-state index contributed by atoms with van der Waals surface area (Å²) in [4.78, 5) is 37.5. The third-order valence-electron chi connectivity index (χ3n) is 4.92. The molecule has 4 rings (SSSR count). The van der Waals surface area contributed by atoms with Gasteiger partial charge in [0.1, 0.15) is 5.69 Å². The third kappa shape index (κ3) is 3.25. The molecule has 0 saturated heterocycles. The summed E-state index contributed by atoms with van der Waals surface area (Å²) in [6, 6.07) is 16.2. The van der Waals surface area contributed by atoms with Gasteiger partial charge in [0.2, 0.25) is 5.91 Å². The van der Waals surface area contributed by atoms with Crippen LogP contribution in [0, 0.1) is 6.92 Å². The number of para-hydroxylation sites is 1. The quantitative estimate of drug-likeness (QED) is 0.557. The molecule has 2 aromatic carbocycles. The Bertz CT molecular complexity index is 1330. The smallest absolute Gasteiger partial charge is 0.295 e. The van der Waals surface area contributed by atoms with Gasteiger partial charge >= 0.3 is 0 Å². The number of carbonyl (C=O) groups is 1. The number of aromatic nitrogens is 4. The third-order valence-corrected chi connectivity index (χ3v) is 4.92. The van der Waals surface area contributed by atoms with Gasteiger partial charge in [-0.05, 0) is 25.1 Å². The number of nitrogens with one attached hydrogen (secondary N) is 2. The second-order valence-corrected chi connectivity index (χ2v) is 6.71. The first kappa shape index (κ1) is 18.4. The van der Waals surface area contributed by atoms with E-state index in [4.69, 9.17) is 0 Å². The number of aromatic amines is 1. The van der Waals surface area contributed by atoms with Crippen molar-refractivity contribution in [2.75, 3.05) is 5.32 Å². The molecule has 0 fully saturated rings. The zero-order valence-corrected chi connectivity index (χ0v) is 16.0. The summed E-state index contributed by atoms with van der Waals surface area (Å²) >= 11 is 0. The largest absolute Gasteiger partial charge is 0.320 e. The van der Waals surface area contributed by atoms with Crippen LogP contribution in [0.2, 0.25) is 0 Å². The van der Waals surface area contributed by atoms with Crippen molar-refractivity contribution in [1.82, 2.24) is 19.6 Å². The maximum atomic E-state index is 12.9. The Kier molecular flexibility index (Phi) is 4.59. The molecule has 0 aliphatic carbocycles. The van der Waals surface area contributed by atoms with Gasteiger partial charge in [0.15, 0.2) is 0 Å². The average molecular weight is 389 g/mol. The number of H-pyrrole nitrogens is 1. The van der Waals surface area contributed by atoms with Gasteiger partial charge in [0.05, 0.1) is 28.9 Å². The van der Waals surface area contributed by atoms with Crippen LogP contribution in [0.5, 0.6) is 0 Å². The first-order valence-corrected chi connectivity index (χ1v) is 9.07. The Balaban J connectivity index is 1.66. The second kappa shape index (κ2) is 7.23. The molecule has 8 heteroatoms. The summed E-state index contributed by atoms with van der Waals surface area (Å²) in [6.07, 6.45) is -0.0730. The lowest BCUT2D eigenvalue weighted by Gasteiger charge is -2.07. The summed E-state index contributed by atoms with van der Waals surface area (Å²) in [5.74, 6) is -0.388. The molecule has 0 bridgehead atoms. The summed E-state index contributed by atoms with van der Waals surface area (Å²) in [5, 5.41) is 10.2. The monoisotopic (exact) mass is 389 g/mol. The molecule has 0 spiro atoms. The van der Waals surface area contributed by atoms with Gasteiger partial charge in [0.25, 0.3) is 11.1 Å². The highest BCUT2D eigenvalue weighted by Gasteiger charge is 2.19. The van der Waals surface area contributed by atoms with E-state index in [0.717, 1.165) is 0 Å². The number of amides is 1. The van der Waals surface area contributed by atoms with Crippen LogP contribution in [0.3, 0.4) is 0 Å². The minimum Gasteiger partial charge on any atom is -0.320 e. The lowest BCUT2D eigenvalue weighted by Crippen LogP contribution is -2.24. The fourth-order valence-corrected chi connectivity index (χ4v) is 3.35. The maximum Gasteiger partial charge on any atom is 0.295 e. The lowest BCUT2D eigenvalue weighted by atomic mass is 10.1. The summed E-state index contributed by atoms with van der Waals surface area (Å²) in [5.41, 5.74) is 1.37. The summed E-state index contributed by atoms with van der Waals surface area (Å²) in [6.45, 7) is 1.77. The fourth-order valence-electron chi connectivity index (χ4n) is 3.35. The Labute approximate surface area is 165 Å². The predicted molar refractivity (Wildman–Crippen MR) is 110 cm³/mol. The Morgan fingerprint density at radius 1 is 1.03 bits per heavy atom. The number of benzene rings is 2. The van der Waals surface area contributed by atoms with Gasteiger partial charge in [-0.1, -0.05) is 36.4 Å². The Morgan fingerprint density at radius 2 is 1.69 bits per heavy atom. The number of nitrogens with zero attached hydrogens (tertiary/aromatic N) is 3. The van der Waals surface area contributed by atoms with E-state index in [2.05, 4.69) is 15.5 Å². The number of rotatable bonds is 4. The zero-order chi connectivity index (χ0) is 20.5. The Morgan fingerprint density at radius 3 is 2.41 bits per heavy atom. The molecule has 0 atom stereocenters. The van der Waals surface area contributed by atoms with E-state index in [-0.39, 0.29) is 29.1 Å². The van der Waals surface area contributed by atoms with E-state index < -0.39 is 0 Å². The fraction of sp³-hybridized carbons (Fsp3) is 0.143. The minimum atomic E-state index is -0.388. The normalized spacial score (nSPS) is 11.0. The number of carbonyl (C=O) groups excluding carboxylic acids is 1. The van der Waals surface area contributed by atoms with Gasteiger partial charge in [-0.2, -0.15) is 5.10 Å². The van der Waals surface area contributed by atoms with Crippen molar-refractivity contribution < 1.29 is 4.79 Å². The van der Waals surface area contributed by atoms with Crippen molar-refractivity contribution in [3.05, 3.63) is 86.7 Å². The summed E-state index contributed by atoms with van der Waals surface area (Å²) < 4.78 is 3.19. The number of fused-ring (bicyclic) bond motifs is 1. The minimum absolute atomic E-state index is 0.0730. The van der Waals surface area contributed by atoms with Crippen LogP contribution in [-0.4, -0.2) is 25.5 Å². The van der Waals surface area contributed by atoms with E-state index >= 15 is 0 Å². The molecule has 0 unspecified atom stereocenters. The van der Waals surface area contributed by atoms with Gasteiger partial charge < -0.3 is 5.32 Å². The first-order valence-electron chi connectivity index (χ1n) is 9.07. The van der Waals surface area contributed by atoms with Gasteiger partial charge in [0, 0.05) is 12.4 Å². The standard InChI is InChI=1S/C21H19N5O3/c1-13-19(21(29)26(25(13)2)14-8-4-3-5-9-14)22-18(27)12-17-15-10-6-7-11-16(15)20(28)24-23-17/h3-11H,12H2,1-2H3,(H,22,27)(H,24,28). The topological polar surface area (TPSA) is 102 Å². The number of anilines is 1. The SMILES string of the molecule is Cc1c(NC(=O)Cc2n[nH]c(=O)c3ccccc23)c(=O)n(-c2ccccc2)n1C. The van der Waals surface area contributed by atoms with Crippen molar-refractivity contribution in [2.45, 2.75) is 13.3 Å². The van der Waals surface area contributed by atoms with Crippen molar-refractivity contribution in [2.24, 2.45) is 7.05 Å². The predicted octanol–water partition coefficient (Wildman–Crippen LogP) is 1.90. The average Bonchev–Trinajstić information content (AvgIpc) is 2.94. The molecule has 1 amide bonds. The molecule has 0 aliphatic rings. The first-order chi connectivity index (χ1) is 14.0. The van der Waals surface area contributed by atoms with E-state index in [1.54, 1.807) is 42.9 Å². The second-order valence-electron chi connectivity index (χ2n) is 6.71. The highest BCUT2D eigenvalue weighted by molar-refractivity contribution is 5.95. The van der Waals surface area contributed by atoms with Crippen molar-refractivity contribution in [3.63, 3.8) is 0 Å². The van der Waals surface area contributed by atoms with Crippen molar-refractivity contribution >= 4 is 22.4 Å². The van der Waals surface area contributed by atoms with Gasteiger partial charge in [-0.25, -0.2) is 9.78 Å². The molecule has 0 saturated carbocycles. The van der Waals surface area contributed by atoms with Crippen LogP contribution in [0.1, 0.15) is 11.4 Å². The molecular weight excluding hydrogens is 370 g/mol. The molecule has 146 valence electrons. The van der Waals surface area contributed by atoms with Crippen LogP contribution in [-0.2, 0) is 18.3 Å². The molecular formula is C21H19N5O3.